The van der Waals surface area contributed by atoms with E-state index in [4.69, 9.17) is 27.9 Å². The lowest BCUT2D eigenvalue weighted by Gasteiger charge is -2.55. The van der Waals surface area contributed by atoms with Gasteiger partial charge in [-0.3, -0.25) is 19.2 Å². The third-order valence-corrected chi connectivity index (χ3v) is 9.28. The van der Waals surface area contributed by atoms with Crippen molar-refractivity contribution >= 4 is 64.2 Å². The predicted molar refractivity (Wildman–Crippen MR) is 143 cm³/mol. The van der Waals surface area contributed by atoms with Crippen LogP contribution >= 0.6 is 23.2 Å². The number of carbonyl (C=O) groups excluding carboxylic acids is 5. The summed E-state index contributed by atoms with van der Waals surface area (Å²) in [4.78, 5) is 71.8. The number of nitrogens with zero attached hydrogens (tertiary/aromatic N) is 2. The summed E-state index contributed by atoms with van der Waals surface area (Å²) in [5.74, 6) is -7.48. The normalized spacial score (nSPS) is 31.3. The Labute approximate surface area is 234 Å². The Balaban J connectivity index is 1.55. The molecule has 2 heterocycles. The molecular weight excluding hydrogens is 543 g/mol. The molecule has 4 amide bonds. The Hall–Kier alpha value is -3.49. The van der Waals surface area contributed by atoms with Crippen LogP contribution < -0.4 is 9.80 Å². The molecule has 3 aliphatic carbocycles. The molecule has 6 atom stereocenters. The highest BCUT2D eigenvalue weighted by molar-refractivity contribution is 6.32. The van der Waals surface area contributed by atoms with Gasteiger partial charge in [-0.05, 0) is 50.2 Å². The summed E-state index contributed by atoms with van der Waals surface area (Å²) in [6.45, 7) is 5.09. The van der Waals surface area contributed by atoms with Crippen molar-refractivity contribution < 1.29 is 28.7 Å². The van der Waals surface area contributed by atoms with Gasteiger partial charge < -0.3 is 4.74 Å². The number of hydrogen-bond donors (Lipinski definition) is 0. The molecule has 200 valence electrons. The molecule has 0 aromatic heterocycles. The maximum Gasteiger partial charge on any atom is 0.334 e. The van der Waals surface area contributed by atoms with Crippen molar-refractivity contribution in [2.75, 3.05) is 16.4 Å². The van der Waals surface area contributed by atoms with Crippen LogP contribution in [0.15, 0.2) is 59.7 Å². The van der Waals surface area contributed by atoms with Gasteiger partial charge in [0.15, 0.2) is 0 Å². The number of anilines is 2. The molecule has 3 fully saturated rings. The van der Waals surface area contributed by atoms with E-state index < -0.39 is 64.6 Å². The van der Waals surface area contributed by atoms with E-state index in [2.05, 4.69) is 0 Å². The van der Waals surface area contributed by atoms with Gasteiger partial charge in [-0.2, -0.15) is 0 Å². The fourth-order valence-electron chi connectivity index (χ4n) is 7.55. The molecule has 3 unspecified atom stereocenters. The second-order valence-corrected chi connectivity index (χ2v) is 11.5. The summed E-state index contributed by atoms with van der Waals surface area (Å²) < 4.78 is 5.39. The maximum absolute atomic E-state index is 14.1. The number of esters is 1. The van der Waals surface area contributed by atoms with Crippen molar-refractivity contribution in [1.82, 2.24) is 0 Å². The van der Waals surface area contributed by atoms with Crippen molar-refractivity contribution in [3.63, 3.8) is 0 Å². The standard InChI is InChI=1S/C29H24Cl2N2O6/c1-4-39-28(38)21-13(2)18-19-22(26(36)32(24(19)34)16-9-5-7-14(30)11-16)29(21,3)23-20(18)25(35)33(27(23)37)17-10-6-8-15(31)12-17/h5-12,18-20,22-23H,4H2,1-3H3/t18?,19-,20-,22+,23?,29?/m1/s1. The monoisotopic (exact) mass is 566 g/mol. The molecule has 8 nitrogen and oxygen atoms in total. The molecule has 2 aromatic carbocycles. The summed E-state index contributed by atoms with van der Waals surface area (Å²) in [6, 6.07) is 12.8. The maximum atomic E-state index is 14.1. The third kappa shape index (κ3) is 3.28. The molecule has 39 heavy (non-hydrogen) atoms. The quantitative estimate of drug-likeness (QED) is 0.400. The van der Waals surface area contributed by atoms with Crippen LogP contribution in [0.25, 0.3) is 0 Å². The molecule has 2 bridgehead atoms. The Morgan fingerprint density at radius 1 is 0.821 bits per heavy atom. The minimum Gasteiger partial charge on any atom is -0.463 e. The van der Waals surface area contributed by atoms with Gasteiger partial charge >= 0.3 is 5.97 Å². The molecule has 2 aromatic rings. The second kappa shape index (κ2) is 8.76. The van der Waals surface area contributed by atoms with Crippen LogP contribution in [0, 0.1) is 35.0 Å². The highest BCUT2D eigenvalue weighted by Crippen LogP contribution is 2.68. The number of benzene rings is 2. The minimum absolute atomic E-state index is 0.0849. The minimum atomic E-state index is -1.47. The Kier molecular flexibility index (Phi) is 5.79. The molecule has 2 aliphatic heterocycles. The van der Waals surface area contributed by atoms with E-state index in [9.17, 15) is 24.0 Å². The first-order chi connectivity index (χ1) is 18.5. The molecular formula is C29H24Cl2N2O6. The number of imide groups is 2. The van der Waals surface area contributed by atoms with E-state index in [-0.39, 0.29) is 12.2 Å². The third-order valence-electron chi connectivity index (χ3n) is 8.81. The number of carbonyl (C=O) groups is 5. The summed E-state index contributed by atoms with van der Waals surface area (Å²) >= 11 is 12.3. The summed E-state index contributed by atoms with van der Waals surface area (Å²) in [7, 11) is 0. The Morgan fingerprint density at radius 2 is 1.28 bits per heavy atom. The molecule has 2 saturated heterocycles. The SMILES string of the molecule is CCOC(=O)C1=C(C)C2[C@H]3C(=O)N(c4cccc(Cl)c4)C(=O)C3C1(C)[C@@H]1C(=O)N(c3cccc(Cl)c3)C(=O)[C@H]21. The predicted octanol–water partition coefficient (Wildman–Crippen LogP) is 4.43. The van der Waals surface area contributed by atoms with Crippen LogP contribution in [0.3, 0.4) is 0 Å². The number of ether oxygens (including phenoxy) is 1. The first-order valence-corrected chi connectivity index (χ1v) is 13.4. The van der Waals surface area contributed by atoms with E-state index in [0.29, 0.717) is 27.0 Å². The largest absolute Gasteiger partial charge is 0.463 e. The van der Waals surface area contributed by atoms with Crippen molar-refractivity contribution in [1.29, 1.82) is 0 Å². The number of rotatable bonds is 4. The molecule has 1 saturated carbocycles. The molecule has 5 aliphatic rings. The first-order valence-electron chi connectivity index (χ1n) is 12.7. The van der Waals surface area contributed by atoms with E-state index in [0.717, 1.165) is 9.80 Å². The van der Waals surface area contributed by atoms with Crippen LogP contribution in [0.5, 0.6) is 0 Å². The van der Waals surface area contributed by atoms with Gasteiger partial charge in [0.2, 0.25) is 23.6 Å². The zero-order valence-electron chi connectivity index (χ0n) is 21.3. The lowest BCUT2D eigenvalue weighted by Crippen LogP contribution is -2.61. The number of hydrogen-bond acceptors (Lipinski definition) is 6. The molecule has 7 rings (SSSR count). The van der Waals surface area contributed by atoms with Gasteiger partial charge in [-0.1, -0.05) is 47.8 Å². The molecule has 0 radical (unpaired) electrons. The Bertz CT molecular complexity index is 1440. The van der Waals surface area contributed by atoms with Crippen LogP contribution in [-0.4, -0.2) is 36.2 Å². The number of halogens is 2. The second-order valence-electron chi connectivity index (χ2n) is 10.6. The van der Waals surface area contributed by atoms with E-state index in [1.165, 1.54) is 12.1 Å². The average Bonchev–Trinajstić information content (AvgIpc) is 3.30. The summed E-state index contributed by atoms with van der Waals surface area (Å²) in [6.07, 6.45) is 0. The first kappa shape index (κ1) is 25.8. The smallest absolute Gasteiger partial charge is 0.334 e. The van der Waals surface area contributed by atoms with Crippen molar-refractivity contribution in [2.45, 2.75) is 20.8 Å². The van der Waals surface area contributed by atoms with Gasteiger partial charge in [0, 0.05) is 27.0 Å². The van der Waals surface area contributed by atoms with E-state index >= 15 is 0 Å². The summed E-state index contributed by atoms with van der Waals surface area (Å²) in [5, 5.41) is 0.691. The van der Waals surface area contributed by atoms with E-state index in [1.807, 2.05) is 0 Å². The average molecular weight is 567 g/mol. The van der Waals surface area contributed by atoms with E-state index in [1.54, 1.807) is 57.2 Å². The topological polar surface area (TPSA) is 101 Å². The fraction of sp³-hybridized carbons (Fsp3) is 0.345. The van der Waals surface area contributed by atoms with Crippen LogP contribution in [0.2, 0.25) is 10.0 Å². The lowest BCUT2D eigenvalue weighted by atomic mass is 9.43. The van der Waals surface area contributed by atoms with Crippen molar-refractivity contribution in [3.05, 3.63) is 69.7 Å². The zero-order valence-corrected chi connectivity index (χ0v) is 22.8. The molecule has 10 heteroatoms. The number of amides is 4. The van der Waals surface area contributed by atoms with Gasteiger partial charge in [0.1, 0.15) is 0 Å². The van der Waals surface area contributed by atoms with Crippen LogP contribution in [-0.2, 0) is 28.7 Å². The fourth-order valence-corrected chi connectivity index (χ4v) is 7.92. The highest BCUT2D eigenvalue weighted by atomic mass is 35.5. The van der Waals surface area contributed by atoms with Crippen LogP contribution in [0.1, 0.15) is 20.8 Å². The van der Waals surface area contributed by atoms with Gasteiger partial charge in [0.25, 0.3) is 0 Å². The molecule has 0 N–H and O–H groups in total. The highest BCUT2D eigenvalue weighted by Gasteiger charge is 2.77. The van der Waals surface area contributed by atoms with Gasteiger partial charge in [-0.15, -0.1) is 0 Å². The lowest BCUT2D eigenvalue weighted by molar-refractivity contribution is -0.155. The molecule has 0 spiro atoms. The number of allylic oxidation sites excluding steroid dienone is 1. The zero-order chi connectivity index (χ0) is 28.0. The van der Waals surface area contributed by atoms with Crippen LogP contribution in [0.4, 0.5) is 11.4 Å². The van der Waals surface area contributed by atoms with Crippen molar-refractivity contribution in [2.24, 2.45) is 35.0 Å². The van der Waals surface area contributed by atoms with Gasteiger partial charge in [-0.25, -0.2) is 14.6 Å². The Morgan fingerprint density at radius 3 is 1.69 bits per heavy atom. The summed E-state index contributed by atoms with van der Waals surface area (Å²) in [5.41, 5.74) is -0.176. The van der Waals surface area contributed by atoms with Gasteiger partial charge in [0.05, 0.1) is 41.7 Å². The van der Waals surface area contributed by atoms with Crippen molar-refractivity contribution in [3.8, 4) is 0 Å².